The van der Waals surface area contributed by atoms with Crippen LogP contribution in [0.1, 0.15) is 16.9 Å². The van der Waals surface area contributed by atoms with E-state index < -0.39 is 5.97 Å². The Labute approximate surface area is 121 Å². The van der Waals surface area contributed by atoms with Crippen molar-refractivity contribution < 1.29 is 23.7 Å². The first kappa shape index (κ1) is 13.5. The molecule has 1 aliphatic rings. The maximum atomic E-state index is 11.7. The minimum atomic E-state index is -0.512. The van der Waals surface area contributed by atoms with E-state index >= 15 is 0 Å². The molecule has 1 aliphatic heterocycles. The predicted octanol–water partition coefficient (Wildman–Crippen LogP) is 2.19. The van der Waals surface area contributed by atoms with E-state index in [9.17, 15) is 4.79 Å². The SMILES string of the molecule is COC(=O)c1cc(OC)c2cc3c(cc2n1)OCCCO3. The van der Waals surface area contributed by atoms with Gasteiger partial charge in [-0.05, 0) is 6.07 Å². The first-order valence-electron chi connectivity index (χ1n) is 6.59. The number of hydrogen-bond donors (Lipinski definition) is 0. The van der Waals surface area contributed by atoms with E-state index in [1.165, 1.54) is 7.11 Å². The lowest BCUT2D eigenvalue weighted by Crippen LogP contribution is -2.05. The molecule has 1 aromatic carbocycles. The van der Waals surface area contributed by atoms with Crippen LogP contribution in [0, 0.1) is 0 Å². The number of fused-ring (bicyclic) bond motifs is 2. The van der Waals surface area contributed by atoms with Gasteiger partial charge in [0.1, 0.15) is 5.75 Å². The number of esters is 1. The molecule has 21 heavy (non-hydrogen) atoms. The number of methoxy groups -OCH3 is 2. The molecule has 2 heterocycles. The van der Waals surface area contributed by atoms with E-state index in [0.717, 1.165) is 11.8 Å². The number of ether oxygens (including phenoxy) is 4. The molecule has 2 aromatic rings. The number of aromatic nitrogens is 1. The van der Waals surface area contributed by atoms with Gasteiger partial charge in [0.05, 0.1) is 33.0 Å². The van der Waals surface area contributed by atoms with Crippen molar-refractivity contribution in [2.24, 2.45) is 0 Å². The molecule has 3 rings (SSSR count). The van der Waals surface area contributed by atoms with Gasteiger partial charge < -0.3 is 18.9 Å². The summed E-state index contributed by atoms with van der Waals surface area (Å²) in [6, 6.07) is 5.13. The maximum Gasteiger partial charge on any atom is 0.356 e. The van der Waals surface area contributed by atoms with E-state index in [0.29, 0.717) is 36.0 Å². The van der Waals surface area contributed by atoms with Crippen molar-refractivity contribution in [1.29, 1.82) is 0 Å². The van der Waals surface area contributed by atoms with Gasteiger partial charge in [0.15, 0.2) is 17.2 Å². The third kappa shape index (κ3) is 2.44. The Balaban J connectivity index is 2.20. The monoisotopic (exact) mass is 289 g/mol. The third-order valence-corrected chi connectivity index (χ3v) is 3.25. The van der Waals surface area contributed by atoms with Gasteiger partial charge in [-0.2, -0.15) is 0 Å². The van der Waals surface area contributed by atoms with E-state index in [4.69, 9.17) is 18.9 Å². The third-order valence-electron chi connectivity index (χ3n) is 3.25. The Hall–Kier alpha value is -2.50. The predicted molar refractivity (Wildman–Crippen MR) is 75.2 cm³/mol. The highest BCUT2D eigenvalue weighted by molar-refractivity contribution is 5.95. The molecular formula is C15H15NO5. The second kappa shape index (κ2) is 5.47. The zero-order valence-corrected chi connectivity index (χ0v) is 11.8. The van der Waals surface area contributed by atoms with E-state index in [2.05, 4.69) is 4.98 Å². The number of pyridine rings is 1. The molecule has 6 nitrogen and oxygen atoms in total. The summed E-state index contributed by atoms with van der Waals surface area (Å²) in [5.74, 6) is 1.31. The van der Waals surface area contributed by atoms with Gasteiger partial charge in [0, 0.05) is 23.9 Å². The normalized spacial score (nSPS) is 13.6. The lowest BCUT2D eigenvalue weighted by molar-refractivity contribution is 0.0594. The lowest BCUT2D eigenvalue weighted by atomic mass is 10.1. The molecule has 0 unspecified atom stereocenters. The van der Waals surface area contributed by atoms with Gasteiger partial charge in [0.2, 0.25) is 0 Å². The lowest BCUT2D eigenvalue weighted by Gasteiger charge is -2.12. The molecule has 0 bridgehead atoms. The van der Waals surface area contributed by atoms with Crippen LogP contribution in [-0.4, -0.2) is 38.4 Å². The van der Waals surface area contributed by atoms with Crippen LogP contribution >= 0.6 is 0 Å². The van der Waals surface area contributed by atoms with Crippen molar-refractivity contribution in [3.05, 3.63) is 23.9 Å². The number of rotatable bonds is 2. The van der Waals surface area contributed by atoms with Crippen molar-refractivity contribution in [2.45, 2.75) is 6.42 Å². The van der Waals surface area contributed by atoms with Crippen LogP contribution in [0.3, 0.4) is 0 Å². The summed E-state index contributed by atoms with van der Waals surface area (Å²) >= 11 is 0. The topological polar surface area (TPSA) is 66.9 Å². The summed E-state index contributed by atoms with van der Waals surface area (Å²) in [6.45, 7) is 1.20. The van der Waals surface area contributed by atoms with Crippen LogP contribution in [0.2, 0.25) is 0 Å². The number of nitrogens with zero attached hydrogens (tertiary/aromatic N) is 1. The molecular weight excluding hydrogens is 274 g/mol. The first-order chi connectivity index (χ1) is 10.2. The van der Waals surface area contributed by atoms with Crippen molar-refractivity contribution >= 4 is 16.9 Å². The van der Waals surface area contributed by atoms with Crippen LogP contribution in [0.4, 0.5) is 0 Å². The molecule has 0 aliphatic carbocycles. The Kier molecular flexibility index (Phi) is 3.51. The summed E-state index contributed by atoms with van der Waals surface area (Å²) in [5, 5.41) is 0.759. The van der Waals surface area contributed by atoms with Crippen LogP contribution in [0.5, 0.6) is 17.2 Å². The van der Waals surface area contributed by atoms with Gasteiger partial charge in [-0.3, -0.25) is 0 Å². The van der Waals surface area contributed by atoms with Crippen molar-refractivity contribution in [3.63, 3.8) is 0 Å². The fourth-order valence-corrected chi connectivity index (χ4v) is 2.23. The fraction of sp³-hybridized carbons (Fsp3) is 0.333. The minimum Gasteiger partial charge on any atom is -0.496 e. The van der Waals surface area contributed by atoms with Crippen LogP contribution < -0.4 is 14.2 Å². The zero-order chi connectivity index (χ0) is 14.8. The van der Waals surface area contributed by atoms with Gasteiger partial charge in [-0.15, -0.1) is 0 Å². The fourth-order valence-electron chi connectivity index (χ4n) is 2.23. The first-order valence-corrected chi connectivity index (χ1v) is 6.59. The van der Waals surface area contributed by atoms with Crippen LogP contribution in [0.15, 0.2) is 18.2 Å². The Morgan fingerprint density at radius 1 is 1.14 bits per heavy atom. The number of carbonyl (C=O) groups is 1. The molecule has 1 aromatic heterocycles. The highest BCUT2D eigenvalue weighted by atomic mass is 16.5. The molecule has 0 radical (unpaired) electrons. The van der Waals surface area contributed by atoms with E-state index in [-0.39, 0.29) is 5.69 Å². The molecule has 0 fully saturated rings. The second-order valence-electron chi connectivity index (χ2n) is 4.57. The smallest absolute Gasteiger partial charge is 0.356 e. The highest BCUT2D eigenvalue weighted by Crippen LogP contribution is 2.37. The number of benzene rings is 1. The van der Waals surface area contributed by atoms with E-state index in [1.54, 1.807) is 19.2 Å². The van der Waals surface area contributed by atoms with Crippen LogP contribution in [0.25, 0.3) is 10.9 Å². The highest BCUT2D eigenvalue weighted by Gasteiger charge is 2.17. The summed E-state index contributed by atoms with van der Waals surface area (Å²) in [6.07, 6.45) is 0.822. The van der Waals surface area contributed by atoms with Gasteiger partial charge in [-0.1, -0.05) is 0 Å². The molecule has 0 atom stereocenters. The molecule has 0 amide bonds. The Morgan fingerprint density at radius 2 is 1.86 bits per heavy atom. The summed E-state index contributed by atoms with van der Waals surface area (Å²) in [4.78, 5) is 16.0. The molecule has 0 spiro atoms. The van der Waals surface area contributed by atoms with E-state index in [1.807, 2.05) is 6.07 Å². The quantitative estimate of drug-likeness (QED) is 0.789. The van der Waals surface area contributed by atoms with Gasteiger partial charge >= 0.3 is 5.97 Å². The standard InChI is InChI=1S/C15H15NO5/c1-18-12-8-11(15(17)19-2)16-10-7-14-13(6-9(10)12)20-4-3-5-21-14/h6-8H,3-5H2,1-2H3. The number of carbonyl (C=O) groups excluding carboxylic acids is 1. The van der Waals surface area contributed by atoms with Gasteiger partial charge in [-0.25, -0.2) is 9.78 Å². The summed E-state index contributed by atoms with van der Waals surface area (Å²) in [5.41, 5.74) is 0.787. The molecule has 6 heteroatoms. The largest absolute Gasteiger partial charge is 0.496 e. The average Bonchev–Trinajstić information content (AvgIpc) is 2.75. The van der Waals surface area contributed by atoms with Crippen molar-refractivity contribution in [1.82, 2.24) is 4.98 Å². The van der Waals surface area contributed by atoms with Crippen molar-refractivity contribution in [3.8, 4) is 17.2 Å². The average molecular weight is 289 g/mol. The second-order valence-corrected chi connectivity index (χ2v) is 4.57. The Bertz CT molecular complexity index is 698. The summed E-state index contributed by atoms with van der Waals surface area (Å²) in [7, 11) is 2.85. The Morgan fingerprint density at radius 3 is 2.52 bits per heavy atom. The molecule has 0 saturated carbocycles. The minimum absolute atomic E-state index is 0.191. The van der Waals surface area contributed by atoms with Crippen molar-refractivity contribution in [2.75, 3.05) is 27.4 Å². The van der Waals surface area contributed by atoms with Crippen LogP contribution in [-0.2, 0) is 4.74 Å². The zero-order valence-electron chi connectivity index (χ0n) is 11.8. The molecule has 110 valence electrons. The van der Waals surface area contributed by atoms with Gasteiger partial charge in [0.25, 0.3) is 0 Å². The summed E-state index contributed by atoms with van der Waals surface area (Å²) < 4.78 is 21.3. The number of hydrogen-bond acceptors (Lipinski definition) is 6. The molecule has 0 N–H and O–H groups in total. The molecule has 0 saturated heterocycles. The maximum absolute atomic E-state index is 11.7.